The molecule has 0 rings (SSSR count). The average Bonchev–Trinajstić information content (AvgIpc) is 2.34. The second-order valence-corrected chi connectivity index (χ2v) is 5.56. The van der Waals surface area contributed by atoms with Crippen LogP contribution in [0.25, 0.3) is 0 Å². The van der Waals surface area contributed by atoms with Crippen LogP contribution in [0.2, 0.25) is 0 Å². The van der Waals surface area contributed by atoms with Crippen LogP contribution in [-0.2, 0) is 4.79 Å². The Morgan fingerprint density at radius 3 is 2.17 bits per heavy atom. The minimum absolute atomic E-state index is 0.300. The van der Waals surface area contributed by atoms with Crippen molar-refractivity contribution in [2.24, 2.45) is 17.6 Å². The number of nitrogens with two attached hydrogens (primary N) is 1. The number of nitrogens with zero attached hydrogens (tertiary/aromatic N) is 1. The van der Waals surface area contributed by atoms with Gasteiger partial charge in [0.1, 0.15) is 0 Å². The number of hydrogen-bond donors (Lipinski definition) is 1. The quantitative estimate of drug-likeness (QED) is 0.689. The minimum atomic E-state index is 0.300. The molecule has 0 aliphatic rings. The van der Waals surface area contributed by atoms with Gasteiger partial charge in [-0.3, -0.25) is 4.79 Å². The van der Waals surface area contributed by atoms with Gasteiger partial charge in [-0.25, -0.2) is 0 Å². The Bertz CT molecular complexity index is 229. The van der Waals surface area contributed by atoms with Crippen molar-refractivity contribution in [2.45, 2.75) is 66.3 Å². The molecule has 3 nitrogen and oxygen atoms in total. The Labute approximate surface area is 113 Å². The summed E-state index contributed by atoms with van der Waals surface area (Å²) < 4.78 is 0. The van der Waals surface area contributed by atoms with Crippen LogP contribution in [0.3, 0.4) is 0 Å². The first-order chi connectivity index (χ1) is 8.47. The van der Waals surface area contributed by atoms with Gasteiger partial charge in [0.15, 0.2) is 0 Å². The minimum Gasteiger partial charge on any atom is -0.340 e. The van der Waals surface area contributed by atoms with Crippen LogP contribution in [0.5, 0.6) is 0 Å². The molecule has 0 fully saturated rings. The number of amides is 1. The summed E-state index contributed by atoms with van der Waals surface area (Å²) in [5.74, 6) is 1.49. The van der Waals surface area contributed by atoms with Crippen LogP contribution in [-0.4, -0.2) is 29.9 Å². The van der Waals surface area contributed by atoms with Crippen LogP contribution >= 0.6 is 0 Å². The largest absolute Gasteiger partial charge is 0.340 e. The van der Waals surface area contributed by atoms with Gasteiger partial charge in [-0.15, -0.1) is 0 Å². The fourth-order valence-corrected chi connectivity index (χ4v) is 2.43. The van der Waals surface area contributed by atoms with E-state index >= 15 is 0 Å². The zero-order chi connectivity index (χ0) is 14.1. The van der Waals surface area contributed by atoms with Gasteiger partial charge in [-0.05, 0) is 51.5 Å². The molecule has 0 aliphatic heterocycles. The maximum absolute atomic E-state index is 12.2. The first-order valence-electron chi connectivity index (χ1n) is 7.47. The standard InChI is InChI=1S/C15H32N2O/c1-6-13(5)17(7-2)15(18)9-8-14(10-11-16)12(3)4/h12-14H,6-11,16H2,1-5H3. The number of rotatable bonds is 9. The summed E-state index contributed by atoms with van der Waals surface area (Å²) in [4.78, 5) is 14.2. The molecule has 2 atom stereocenters. The highest BCUT2D eigenvalue weighted by Crippen LogP contribution is 2.21. The lowest BCUT2D eigenvalue weighted by molar-refractivity contribution is -0.133. The molecule has 3 heteroatoms. The van der Waals surface area contributed by atoms with Crippen LogP contribution in [0.4, 0.5) is 0 Å². The van der Waals surface area contributed by atoms with E-state index in [9.17, 15) is 4.79 Å². The van der Waals surface area contributed by atoms with Gasteiger partial charge < -0.3 is 10.6 Å². The topological polar surface area (TPSA) is 46.3 Å². The van der Waals surface area contributed by atoms with E-state index in [-0.39, 0.29) is 0 Å². The van der Waals surface area contributed by atoms with Crippen LogP contribution < -0.4 is 5.73 Å². The summed E-state index contributed by atoms with van der Waals surface area (Å²) in [5, 5.41) is 0. The van der Waals surface area contributed by atoms with Crippen molar-refractivity contribution in [3.63, 3.8) is 0 Å². The molecule has 2 unspecified atom stereocenters. The van der Waals surface area contributed by atoms with E-state index in [0.717, 1.165) is 32.4 Å². The van der Waals surface area contributed by atoms with Gasteiger partial charge >= 0.3 is 0 Å². The third-order valence-electron chi connectivity index (χ3n) is 3.99. The molecule has 0 aliphatic carbocycles. The normalized spacial score (nSPS) is 14.6. The smallest absolute Gasteiger partial charge is 0.222 e. The van der Waals surface area contributed by atoms with Gasteiger partial charge in [0.05, 0.1) is 0 Å². The lowest BCUT2D eigenvalue weighted by atomic mass is 9.88. The summed E-state index contributed by atoms with van der Waals surface area (Å²) in [5.41, 5.74) is 5.63. The van der Waals surface area contributed by atoms with E-state index in [2.05, 4.69) is 34.6 Å². The Morgan fingerprint density at radius 2 is 1.78 bits per heavy atom. The van der Waals surface area contributed by atoms with Crippen molar-refractivity contribution in [1.82, 2.24) is 4.90 Å². The van der Waals surface area contributed by atoms with Crippen molar-refractivity contribution in [2.75, 3.05) is 13.1 Å². The zero-order valence-corrected chi connectivity index (χ0v) is 12.9. The molecule has 0 radical (unpaired) electrons. The third kappa shape index (κ3) is 5.85. The van der Waals surface area contributed by atoms with Crippen LogP contribution in [0, 0.1) is 11.8 Å². The molecule has 108 valence electrons. The Hall–Kier alpha value is -0.570. The van der Waals surface area contributed by atoms with Crippen molar-refractivity contribution in [3.8, 4) is 0 Å². The summed E-state index contributed by atoms with van der Waals surface area (Å²) >= 11 is 0. The van der Waals surface area contributed by atoms with Crippen molar-refractivity contribution < 1.29 is 4.79 Å². The lowest BCUT2D eigenvalue weighted by Gasteiger charge is -2.28. The van der Waals surface area contributed by atoms with E-state index in [4.69, 9.17) is 5.73 Å². The molecular weight excluding hydrogens is 224 g/mol. The average molecular weight is 256 g/mol. The van der Waals surface area contributed by atoms with E-state index in [1.165, 1.54) is 0 Å². The highest BCUT2D eigenvalue weighted by Gasteiger charge is 2.19. The second kappa shape index (κ2) is 9.37. The maximum atomic E-state index is 12.2. The SMILES string of the molecule is CCC(C)N(CC)C(=O)CCC(CCN)C(C)C. The molecule has 0 saturated heterocycles. The van der Waals surface area contributed by atoms with Gasteiger partial charge in [-0.1, -0.05) is 20.8 Å². The summed E-state index contributed by atoms with van der Waals surface area (Å²) in [7, 11) is 0. The fourth-order valence-electron chi connectivity index (χ4n) is 2.43. The lowest BCUT2D eigenvalue weighted by Crippen LogP contribution is -2.38. The Balaban J connectivity index is 4.28. The van der Waals surface area contributed by atoms with Crippen molar-refractivity contribution >= 4 is 5.91 Å². The van der Waals surface area contributed by atoms with Gasteiger partial charge in [0.25, 0.3) is 0 Å². The summed E-state index contributed by atoms with van der Waals surface area (Å²) in [6.07, 6.45) is 3.69. The first-order valence-corrected chi connectivity index (χ1v) is 7.47. The number of carbonyl (C=O) groups excluding carboxylic acids is 1. The third-order valence-corrected chi connectivity index (χ3v) is 3.99. The van der Waals surface area contributed by atoms with Crippen molar-refractivity contribution in [3.05, 3.63) is 0 Å². The van der Waals surface area contributed by atoms with E-state index in [1.54, 1.807) is 0 Å². The summed E-state index contributed by atoms with van der Waals surface area (Å²) in [6.45, 7) is 12.3. The molecule has 0 bridgehead atoms. The molecule has 0 aromatic heterocycles. The fraction of sp³-hybridized carbons (Fsp3) is 0.933. The van der Waals surface area contributed by atoms with Crippen LogP contribution in [0.15, 0.2) is 0 Å². The predicted molar refractivity (Wildman–Crippen MR) is 78.4 cm³/mol. The molecular formula is C15H32N2O. The Kier molecular flexibility index (Phi) is 9.08. The van der Waals surface area contributed by atoms with Gasteiger partial charge in [0.2, 0.25) is 5.91 Å². The maximum Gasteiger partial charge on any atom is 0.222 e. The molecule has 0 saturated carbocycles. The van der Waals surface area contributed by atoms with Crippen LogP contribution in [0.1, 0.15) is 60.3 Å². The molecule has 0 aromatic rings. The summed E-state index contributed by atoms with van der Waals surface area (Å²) in [6, 6.07) is 0.356. The van der Waals surface area contributed by atoms with E-state index in [0.29, 0.717) is 30.2 Å². The second-order valence-electron chi connectivity index (χ2n) is 5.56. The monoisotopic (exact) mass is 256 g/mol. The molecule has 1 amide bonds. The van der Waals surface area contributed by atoms with Crippen molar-refractivity contribution in [1.29, 1.82) is 0 Å². The molecule has 0 spiro atoms. The zero-order valence-electron chi connectivity index (χ0n) is 12.9. The first kappa shape index (κ1) is 17.4. The highest BCUT2D eigenvalue weighted by molar-refractivity contribution is 5.76. The van der Waals surface area contributed by atoms with Gasteiger partial charge in [-0.2, -0.15) is 0 Å². The molecule has 0 aromatic carbocycles. The van der Waals surface area contributed by atoms with E-state index < -0.39 is 0 Å². The predicted octanol–water partition coefficient (Wildman–Crippen LogP) is 3.03. The molecule has 18 heavy (non-hydrogen) atoms. The Morgan fingerprint density at radius 1 is 1.17 bits per heavy atom. The number of carbonyl (C=O) groups is 1. The highest BCUT2D eigenvalue weighted by atomic mass is 16.2. The van der Waals surface area contributed by atoms with Gasteiger partial charge in [0, 0.05) is 19.0 Å². The number of hydrogen-bond acceptors (Lipinski definition) is 2. The van der Waals surface area contributed by atoms with E-state index in [1.807, 2.05) is 4.90 Å². The molecule has 2 N–H and O–H groups in total. The molecule has 0 heterocycles.